The van der Waals surface area contributed by atoms with E-state index >= 15 is 0 Å². The van der Waals surface area contributed by atoms with Crippen molar-refractivity contribution < 1.29 is 19.7 Å². The van der Waals surface area contributed by atoms with Gasteiger partial charge in [0.05, 0.1) is 31.8 Å². The maximum Gasteiger partial charge on any atom is 0.299 e. The fourth-order valence-electron chi connectivity index (χ4n) is 6.35. The van der Waals surface area contributed by atoms with Crippen molar-refractivity contribution in [3.8, 4) is 0 Å². The summed E-state index contributed by atoms with van der Waals surface area (Å²) < 4.78 is 0. The van der Waals surface area contributed by atoms with Gasteiger partial charge in [0.2, 0.25) is 0 Å². The lowest BCUT2D eigenvalue weighted by atomic mass is 9.91. The number of benzene rings is 4. The fourth-order valence-corrected chi connectivity index (χ4v) is 6.35. The summed E-state index contributed by atoms with van der Waals surface area (Å²) in [5.74, 6) is -0.425. The number of fused-ring (bicyclic) bond motifs is 8. The van der Waals surface area contributed by atoms with Crippen molar-refractivity contribution in [2.45, 2.75) is 79.1 Å². The average molecular weight is 713 g/mol. The SMILES string of the molecule is CC(C)c1cc(C(C)C)c2cc1Nc1cc(c([N+](=O)[O-])cc1[N+](=O)[O-])Nc1cc(c(C(C)C)cc1C(C)C)Nc1cc(c([N+](=O)[O-])cc1[N+](=O)[O-])N2. The quantitative estimate of drug-likeness (QED) is 0.0871. The molecule has 8 bridgehead atoms. The van der Waals surface area contributed by atoms with Crippen LogP contribution in [0.1, 0.15) is 101 Å². The summed E-state index contributed by atoms with van der Waals surface area (Å²) in [5, 5.41) is 62.2. The van der Waals surface area contributed by atoms with Crippen LogP contribution in [0, 0.1) is 40.5 Å². The first-order valence-electron chi connectivity index (χ1n) is 16.7. The zero-order valence-corrected chi connectivity index (χ0v) is 30.0. The van der Waals surface area contributed by atoms with Crippen LogP contribution in [-0.2, 0) is 0 Å². The molecule has 0 aliphatic carbocycles. The van der Waals surface area contributed by atoms with Gasteiger partial charge in [-0.3, -0.25) is 40.5 Å². The molecule has 0 spiro atoms. The minimum absolute atomic E-state index is 0.0258. The van der Waals surface area contributed by atoms with Crippen LogP contribution in [0.3, 0.4) is 0 Å². The molecule has 0 saturated carbocycles. The first kappa shape index (κ1) is 36.9. The molecule has 0 amide bonds. The molecule has 4 N–H and O–H groups in total. The number of hydrogen-bond acceptors (Lipinski definition) is 12. The van der Waals surface area contributed by atoms with E-state index in [-0.39, 0.29) is 46.4 Å². The normalized spacial score (nSPS) is 12.2. The molecule has 0 unspecified atom stereocenters. The monoisotopic (exact) mass is 712 g/mol. The Labute approximate surface area is 299 Å². The van der Waals surface area contributed by atoms with Crippen LogP contribution in [0.5, 0.6) is 0 Å². The van der Waals surface area contributed by atoms with Crippen molar-refractivity contribution in [2.24, 2.45) is 0 Å². The Morgan fingerprint density at radius 1 is 0.346 bits per heavy atom. The Bertz CT molecular complexity index is 1860. The zero-order valence-electron chi connectivity index (χ0n) is 30.0. The van der Waals surface area contributed by atoms with E-state index < -0.39 is 42.4 Å². The van der Waals surface area contributed by atoms with Crippen LogP contribution in [0.15, 0.2) is 48.5 Å². The topological polar surface area (TPSA) is 221 Å². The molecule has 0 saturated heterocycles. The van der Waals surface area contributed by atoms with Crippen molar-refractivity contribution in [1.29, 1.82) is 0 Å². The molecule has 0 fully saturated rings. The van der Waals surface area contributed by atoms with Gasteiger partial charge in [0, 0.05) is 22.7 Å². The molecule has 0 radical (unpaired) electrons. The largest absolute Gasteiger partial charge is 0.350 e. The van der Waals surface area contributed by atoms with Crippen molar-refractivity contribution in [3.63, 3.8) is 0 Å². The number of nitro benzene ring substituents is 4. The van der Waals surface area contributed by atoms with Gasteiger partial charge in [0.25, 0.3) is 22.7 Å². The van der Waals surface area contributed by atoms with Crippen molar-refractivity contribution in [2.75, 3.05) is 21.3 Å². The van der Waals surface area contributed by atoms with E-state index in [0.717, 1.165) is 34.4 Å². The van der Waals surface area contributed by atoms with Crippen molar-refractivity contribution in [1.82, 2.24) is 0 Å². The van der Waals surface area contributed by atoms with E-state index in [9.17, 15) is 40.5 Å². The molecule has 52 heavy (non-hydrogen) atoms. The van der Waals surface area contributed by atoms with Gasteiger partial charge < -0.3 is 21.3 Å². The van der Waals surface area contributed by atoms with Gasteiger partial charge in [0.1, 0.15) is 22.7 Å². The highest BCUT2D eigenvalue weighted by molar-refractivity contribution is 5.88. The second-order valence-corrected chi connectivity index (χ2v) is 14.0. The average Bonchev–Trinajstić information content (AvgIpc) is 3.03. The van der Waals surface area contributed by atoms with E-state index in [1.54, 1.807) is 12.1 Å². The molecule has 16 heteroatoms. The minimum Gasteiger partial charge on any atom is -0.350 e. The molecule has 1 aliphatic heterocycles. The van der Waals surface area contributed by atoms with Gasteiger partial charge in [-0.15, -0.1) is 0 Å². The molecule has 16 nitrogen and oxygen atoms in total. The Morgan fingerprint density at radius 2 is 0.538 bits per heavy atom. The fraction of sp³-hybridized carbons (Fsp3) is 0.333. The Balaban J connectivity index is 1.95. The predicted molar refractivity (Wildman–Crippen MR) is 202 cm³/mol. The summed E-state index contributed by atoms with van der Waals surface area (Å²) in [6, 6.07) is 11.6. The highest BCUT2D eigenvalue weighted by Crippen LogP contribution is 2.47. The van der Waals surface area contributed by atoms with Crippen LogP contribution in [-0.4, -0.2) is 19.7 Å². The van der Waals surface area contributed by atoms with Crippen LogP contribution < -0.4 is 21.3 Å². The lowest BCUT2D eigenvalue weighted by Gasteiger charge is -2.24. The first-order chi connectivity index (χ1) is 24.4. The number of rotatable bonds is 8. The third-order valence-electron chi connectivity index (χ3n) is 9.02. The van der Waals surface area contributed by atoms with E-state index in [0.29, 0.717) is 22.7 Å². The maximum atomic E-state index is 12.4. The molecule has 4 aromatic carbocycles. The smallest absolute Gasteiger partial charge is 0.299 e. The summed E-state index contributed by atoms with van der Waals surface area (Å²) in [6.07, 6.45) is 0. The molecule has 1 aliphatic rings. The second kappa shape index (κ2) is 14.1. The first-order valence-corrected chi connectivity index (χ1v) is 16.7. The highest BCUT2D eigenvalue weighted by atomic mass is 16.6. The van der Waals surface area contributed by atoms with Crippen LogP contribution >= 0.6 is 0 Å². The Morgan fingerprint density at radius 3 is 0.712 bits per heavy atom. The summed E-state index contributed by atoms with van der Waals surface area (Å²) in [6.45, 7) is 15.5. The number of nitro groups is 4. The zero-order chi connectivity index (χ0) is 38.3. The van der Waals surface area contributed by atoms with Gasteiger partial charge in [0.15, 0.2) is 0 Å². The summed E-state index contributed by atoms with van der Waals surface area (Å²) in [7, 11) is 0. The summed E-state index contributed by atoms with van der Waals surface area (Å²) >= 11 is 0. The van der Waals surface area contributed by atoms with Gasteiger partial charge in [-0.25, -0.2) is 0 Å². The van der Waals surface area contributed by atoms with Crippen LogP contribution in [0.25, 0.3) is 0 Å². The lowest BCUT2D eigenvalue weighted by molar-refractivity contribution is -0.393. The maximum absolute atomic E-state index is 12.4. The van der Waals surface area contributed by atoms with Gasteiger partial charge in [-0.1, -0.05) is 67.5 Å². The molecule has 1 heterocycles. The molecule has 4 aromatic rings. The number of nitrogens with one attached hydrogen (secondary N) is 4. The van der Waals surface area contributed by atoms with Crippen molar-refractivity contribution >= 4 is 68.2 Å². The molecule has 272 valence electrons. The number of nitrogens with zero attached hydrogens (tertiary/aromatic N) is 4. The molecule has 0 atom stereocenters. The molecular weight excluding hydrogens is 672 g/mol. The van der Waals surface area contributed by atoms with Gasteiger partial charge in [-0.05, 0) is 70.2 Å². The summed E-state index contributed by atoms with van der Waals surface area (Å²) in [5.41, 5.74) is 2.43. The van der Waals surface area contributed by atoms with Gasteiger partial charge >= 0.3 is 0 Å². The lowest BCUT2D eigenvalue weighted by Crippen LogP contribution is -2.10. The summed E-state index contributed by atoms with van der Waals surface area (Å²) in [4.78, 5) is 46.8. The minimum atomic E-state index is -0.699. The third kappa shape index (κ3) is 7.12. The molecule has 0 aromatic heterocycles. The van der Waals surface area contributed by atoms with E-state index in [1.807, 2.05) is 67.5 Å². The van der Waals surface area contributed by atoms with E-state index in [4.69, 9.17) is 0 Å². The Hall–Kier alpha value is -6.32. The predicted octanol–water partition coefficient (Wildman–Crippen LogP) is 11.1. The van der Waals surface area contributed by atoms with E-state index in [1.165, 1.54) is 12.1 Å². The molecular formula is C36H40N8O8. The third-order valence-corrected chi connectivity index (χ3v) is 9.02. The Kier molecular flexibility index (Phi) is 10.0. The van der Waals surface area contributed by atoms with Crippen LogP contribution in [0.4, 0.5) is 68.2 Å². The number of hydrogen-bond donors (Lipinski definition) is 4. The van der Waals surface area contributed by atoms with Crippen molar-refractivity contribution in [3.05, 3.63) is 111 Å². The number of anilines is 8. The van der Waals surface area contributed by atoms with E-state index in [2.05, 4.69) is 21.3 Å². The second-order valence-electron chi connectivity index (χ2n) is 14.0. The highest BCUT2D eigenvalue weighted by Gasteiger charge is 2.30. The van der Waals surface area contributed by atoms with Crippen LogP contribution in [0.2, 0.25) is 0 Å². The molecule has 5 rings (SSSR count). The standard InChI is InChI=1S/C36H40N8O8/c1-17(2)21-9-22(18(3)4)26-11-25(21)37-29-13-30(34(42(47)48)15-33(29)41(45)46)39-27-12-28(24(20(7)8)10-23(27)19(5)6)40-32-14-31(38-26)35(43(49)50)16-36(32)44(51)52/h9-20,37-40H,1-8H3. The van der Waals surface area contributed by atoms with Gasteiger partial charge in [-0.2, -0.15) is 0 Å².